The van der Waals surface area contributed by atoms with Crippen LogP contribution in [0.5, 0.6) is 11.5 Å². The van der Waals surface area contributed by atoms with Crippen LogP contribution in [0.2, 0.25) is 0 Å². The van der Waals surface area contributed by atoms with E-state index >= 15 is 0 Å². The maximum atomic E-state index is 9.75. The van der Waals surface area contributed by atoms with Crippen LogP contribution in [0.3, 0.4) is 0 Å². The van der Waals surface area contributed by atoms with Crippen molar-refractivity contribution in [3.63, 3.8) is 0 Å². The Hall–Kier alpha value is -2.16. The minimum atomic E-state index is 0.201. The van der Waals surface area contributed by atoms with E-state index in [1.165, 1.54) is 0 Å². The average molecular weight is 199 g/mol. The lowest BCUT2D eigenvalue weighted by Crippen LogP contribution is -1.68. The molecular formula is C12H9NO2. The topological polar surface area (TPSA) is 56.2 Å². The lowest BCUT2D eigenvalue weighted by Gasteiger charge is -1.95. The number of nitrogens with one attached hydrogen (secondary N) is 1. The lowest BCUT2D eigenvalue weighted by molar-refractivity contribution is 0.476. The average Bonchev–Trinajstić information content (AvgIpc) is 2.57. The monoisotopic (exact) mass is 199 g/mol. The van der Waals surface area contributed by atoms with Gasteiger partial charge in [0.2, 0.25) is 0 Å². The predicted molar refractivity (Wildman–Crippen MR) is 59.1 cm³/mol. The number of phenolic OH excluding ortho intramolecular Hbond substituents is 2. The summed E-state index contributed by atoms with van der Waals surface area (Å²) >= 11 is 0. The fourth-order valence-electron chi connectivity index (χ4n) is 1.92. The normalized spacial score (nSPS) is 11.2. The zero-order chi connectivity index (χ0) is 10.4. The Morgan fingerprint density at radius 3 is 2.67 bits per heavy atom. The number of aromatic hydroxyl groups is 2. The van der Waals surface area contributed by atoms with E-state index in [4.69, 9.17) is 0 Å². The van der Waals surface area contributed by atoms with Crippen LogP contribution in [0.15, 0.2) is 36.4 Å². The molecule has 0 radical (unpaired) electrons. The van der Waals surface area contributed by atoms with Gasteiger partial charge in [0.15, 0.2) is 0 Å². The smallest absolute Gasteiger partial charge is 0.125 e. The molecule has 1 aromatic heterocycles. The van der Waals surface area contributed by atoms with Crippen LogP contribution in [0.1, 0.15) is 0 Å². The standard InChI is InChI=1S/C12H9NO2/c14-7-4-5-9-8(6-7)12-10(13-9)2-1-3-11(12)15/h1-6,13-15H. The zero-order valence-electron chi connectivity index (χ0n) is 7.86. The van der Waals surface area contributed by atoms with E-state index in [1.54, 1.807) is 30.3 Å². The van der Waals surface area contributed by atoms with Gasteiger partial charge in [-0.15, -0.1) is 0 Å². The first-order valence-corrected chi connectivity index (χ1v) is 4.68. The molecule has 15 heavy (non-hydrogen) atoms. The first kappa shape index (κ1) is 8.17. The molecule has 3 nitrogen and oxygen atoms in total. The van der Waals surface area contributed by atoms with Gasteiger partial charge in [0.1, 0.15) is 11.5 Å². The Morgan fingerprint density at radius 2 is 1.80 bits per heavy atom. The van der Waals surface area contributed by atoms with Gasteiger partial charge in [0.25, 0.3) is 0 Å². The van der Waals surface area contributed by atoms with E-state index < -0.39 is 0 Å². The van der Waals surface area contributed by atoms with E-state index in [9.17, 15) is 10.2 Å². The van der Waals surface area contributed by atoms with Gasteiger partial charge in [0.05, 0.1) is 5.52 Å². The zero-order valence-corrected chi connectivity index (χ0v) is 7.86. The van der Waals surface area contributed by atoms with Crippen LogP contribution >= 0.6 is 0 Å². The lowest BCUT2D eigenvalue weighted by atomic mass is 10.1. The maximum absolute atomic E-state index is 9.75. The summed E-state index contributed by atoms with van der Waals surface area (Å²) in [4.78, 5) is 3.17. The molecular weight excluding hydrogens is 190 g/mol. The van der Waals surface area contributed by atoms with Gasteiger partial charge in [0, 0.05) is 16.3 Å². The molecule has 3 rings (SSSR count). The second-order valence-corrected chi connectivity index (χ2v) is 3.55. The summed E-state index contributed by atoms with van der Waals surface area (Å²) in [7, 11) is 0. The number of aromatic nitrogens is 1. The van der Waals surface area contributed by atoms with Crippen molar-refractivity contribution in [2.75, 3.05) is 0 Å². The Balaban J connectivity index is 2.61. The molecule has 0 aliphatic heterocycles. The molecule has 74 valence electrons. The number of hydrogen-bond donors (Lipinski definition) is 3. The van der Waals surface area contributed by atoms with Crippen molar-refractivity contribution in [1.29, 1.82) is 0 Å². The number of aromatic amines is 1. The van der Waals surface area contributed by atoms with Crippen molar-refractivity contribution >= 4 is 21.8 Å². The summed E-state index contributed by atoms with van der Waals surface area (Å²) < 4.78 is 0. The highest BCUT2D eigenvalue weighted by Crippen LogP contribution is 2.33. The second kappa shape index (κ2) is 2.67. The Labute approximate surface area is 85.6 Å². The Bertz CT molecular complexity index is 655. The first-order chi connectivity index (χ1) is 7.25. The van der Waals surface area contributed by atoms with Crippen molar-refractivity contribution < 1.29 is 10.2 Å². The molecule has 0 atom stereocenters. The van der Waals surface area contributed by atoms with Gasteiger partial charge < -0.3 is 15.2 Å². The maximum Gasteiger partial charge on any atom is 0.125 e. The number of H-pyrrole nitrogens is 1. The highest BCUT2D eigenvalue weighted by atomic mass is 16.3. The highest BCUT2D eigenvalue weighted by molar-refractivity contribution is 6.10. The van der Waals surface area contributed by atoms with Crippen LogP contribution in [-0.2, 0) is 0 Å². The summed E-state index contributed by atoms with van der Waals surface area (Å²) in [5.41, 5.74) is 1.78. The third kappa shape index (κ3) is 1.06. The van der Waals surface area contributed by atoms with E-state index in [2.05, 4.69) is 4.98 Å². The fourth-order valence-corrected chi connectivity index (χ4v) is 1.92. The van der Waals surface area contributed by atoms with Crippen LogP contribution in [0, 0.1) is 0 Å². The van der Waals surface area contributed by atoms with Crippen molar-refractivity contribution in [2.24, 2.45) is 0 Å². The van der Waals surface area contributed by atoms with Crippen molar-refractivity contribution in [3.05, 3.63) is 36.4 Å². The van der Waals surface area contributed by atoms with Gasteiger partial charge in [-0.25, -0.2) is 0 Å². The van der Waals surface area contributed by atoms with Gasteiger partial charge in [-0.05, 0) is 30.3 Å². The highest BCUT2D eigenvalue weighted by Gasteiger charge is 2.07. The summed E-state index contributed by atoms with van der Waals surface area (Å²) in [6.07, 6.45) is 0. The third-order valence-electron chi connectivity index (χ3n) is 2.58. The number of rotatable bonds is 0. The van der Waals surface area contributed by atoms with Crippen LogP contribution in [-0.4, -0.2) is 15.2 Å². The summed E-state index contributed by atoms with van der Waals surface area (Å²) in [6.45, 7) is 0. The fraction of sp³-hybridized carbons (Fsp3) is 0. The van der Waals surface area contributed by atoms with Crippen LogP contribution in [0.25, 0.3) is 21.8 Å². The van der Waals surface area contributed by atoms with Gasteiger partial charge >= 0.3 is 0 Å². The molecule has 0 saturated heterocycles. The molecule has 3 aromatic rings. The second-order valence-electron chi connectivity index (χ2n) is 3.55. The SMILES string of the molecule is Oc1ccc2[nH]c3cccc(O)c3c2c1. The largest absolute Gasteiger partial charge is 0.508 e. The van der Waals surface area contributed by atoms with E-state index in [0.717, 1.165) is 21.8 Å². The number of benzene rings is 2. The molecule has 0 saturated carbocycles. The summed E-state index contributed by atoms with van der Waals surface area (Å²) in [5, 5.41) is 20.7. The number of phenols is 2. The van der Waals surface area contributed by atoms with Crippen LogP contribution < -0.4 is 0 Å². The molecule has 2 aromatic carbocycles. The Kier molecular flexibility index (Phi) is 1.45. The van der Waals surface area contributed by atoms with Crippen LogP contribution in [0.4, 0.5) is 0 Å². The predicted octanol–water partition coefficient (Wildman–Crippen LogP) is 2.73. The van der Waals surface area contributed by atoms with Gasteiger partial charge in [-0.1, -0.05) is 6.07 Å². The molecule has 0 amide bonds. The Morgan fingerprint density at radius 1 is 0.933 bits per heavy atom. The van der Waals surface area contributed by atoms with Gasteiger partial charge in [-0.2, -0.15) is 0 Å². The summed E-state index contributed by atoms with van der Waals surface area (Å²) in [5.74, 6) is 0.427. The van der Waals surface area contributed by atoms with E-state index in [-0.39, 0.29) is 11.5 Å². The first-order valence-electron chi connectivity index (χ1n) is 4.68. The quantitative estimate of drug-likeness (QED) is 0.521. The molecule has 3 heteroatoms. The number of fused-ring (bicyclic) bond motifs is 3. The molecule has 0 bridgehead atoms. The minimum absolute atomic E-state index is 0.201. The molecule has 0 aliphatic rings. The molecule has 1 heterocycles. The number of hydrogen-bond acceptors (Lipinski definition) is 2. The van der Waals surface area contributed by atoms with E-state index in [1.807, 2.05) is 6.07 Å². The molecule has 0 aliphatic carbocycles. The summed E-state index contributed by atoms with van der Waals surface area (Å²) in [6, 6.07) is 10.4. The minimum Gasteiger partial charge on any atom is -0.508 e. The molecule has 0 spiro atoms. The third-order valence-corrected chi connectivity index (χ3v) is 2.58. The van der Waals surface area contributed by atoms with Crippen molar-refractivity contribution in [1.82, 2.24) is 4.98 Å². The molecule has 0 unspecified atom stereocenters. The molecule has 3 N–H and O–H groups in total. The van der Waals surface area contributed by atoms with Crippen molar-refractivity contribution in [2.45, 2.75) is 0 Å². The molecule has 0 fully saturated rings. The van der Waals surface area contributed by atoms with Gasteiger partial charge in [-0.3, -0.25) is 0 Å². The van der Waals surface area contributed by atoms with E-state index in [0.29, 0.717) is 0 Å². The van der Waals surface area contributed by atoms with Crippen molar-refractivity contribution in [3.8, 4) is 11.5 Å².